The summed E-state index contributed by atoms with van der Waals surface area (Å²) in [6.45, 7) is 4.93. The lowest BCUT2D eigenvalue weighted by molar-refractivity contribution is 0.202. The predicted molar refractivity (Wildman–Crippen MR) is 98.5 cm³/mol. The van der Waals surface area contributed by atoms with Gasteiger partial charge < -0.3 is 5.11 Å². The molecule has 1 saturated heterocycles. The minimum atomic E-state index is -3.56. The number of nitrogens with zero attached hydrogens (tertiary/aromatic N) is 2. The molecule has 1 aliphatic heterocycles. The molecule has 3 rings (SSSR count). The SMILES string of the molecule is Cc1sc2ccc(Cl)cc2c1S(=O)(=O)N1CCCN(CCO)CC1. The van der Waals surface area contributed by atoms with Crippen molar-refractivity contribution >= 4 is 43.0 Å². The van der Waals surface area contributed by atoms with Crippen molar-refractivity contribution in [2.75, 3.05) is 39.3 Å². The first-order chi connectivity index (χ1) is 11.4. The third-order valence-electron chi connectivity index (χ3n) is 4.33. The van der Waals surface area contributed by atoms with E-state index in [1.807, 2.05) is 13.0 Å². The Morgan fingerprint density at radius 2 is 2.04 bits per heavy atom. The van der Waals surface area contributed by atoms with Crippen molar-refractivity contribution in [2.24, 2.45) is 0 Å². The Labute approximate surface area is 151 Å². The van der Waals surface area contributed by atoms with Gasteiger partial charge in [0.1, 0.15) is 4.90 Å². The van der Waals surface area contributed by atoms with E-state index >= 15 is 0 Å². The van der Waals surface area contributed by atoms with Crippen LogP contribution in [0.25, 0.3) is 10.1 Å². The lowest BCUT2D eigenvalue weighted by Gasteiger charge is -2.21. The molecule has 1 aliphatic rings. The number of sulfonamides is 1. The lowest BCUT2D eigenvalue weighted by atomic mass is 10.2. The highest BCUT2D eigenvalue weighted by Gasteiger charge is 2.31. The average Bonchev–Trinajstić information content (AvgIpc) is 2.70. The van der Waals surface area contributed by atoms with Gasteiger partial charge in [0.15, 0.2) is 0 Å². The number of hydrogen-bond donors (Lipinski definition) is 1. The largest absolute Gasteiger partial charge is 0.395 e. The number of β-amino-alcohol motifs (C(OH)–C–C–N with tert-alkyl or cyclic N) is 1. The molecule has 1 fully saturated rings. The van der Waals surface area contributed by atoms with Crippen LogP contribution in [0.3, 0.4) is 0 Å². The highest BCUT2D eigenvalue weighted by atomic mass is 35.5. The molecule has 2 aromatic rings. The van der Waals surface area contributed by atoms with Crippen LogP contribution in [0.2, 0.25) is 5.02 Å². The van der Waals surface area contributed by atoms with Crippen LogP contribution in [0.4, 0.5) is 0 Å². The maximum atomic E-state index is 13.2. The van der Waals surface area contributed by atoms with Crippen molar-refractivity contribution in [1.29, 1.82) is 0 Å². The van der Waals surface area contributed by atoms with E-state index in [-0.39, 0.29) is 6.61 Å². The molecule has 1 aromatic carbocycles. The van der Waals surface area contributed by atoms with Gasteiger partial charge >= 0.3 is 0 Å². The number of aryl methyl sites for hydroxylation is 1. The van der Waals surface area contributed by atoms with Crippen LogP contribution in [0, 0.1) is 6.92 Å². The molecule has 0 aliphatic carbocycles. The molecule has 1 aromatic heterocycles. The molecule has 5 nitrogen and oxygen atoms in total. The van der Waals surface area contributed by atoms with Gasteiger partial charge in [-0.3, -0.25) is 4.90 Å². The molecule has 0 bridgehead atoms. The maximum Gasteiger partial charge on any atom is 0.244 e. The molecule has 8 heteroatoms. The van der Waals surface area contributed by atoms with E-state index in [1.165, 1.54) is 11.3 Å². The second-order valence-corrected chi connectivity index (χ2v) is 9.52. The zero-order valence-electron chi connectivity index (χ0n) is 13.5. The second-order valence-electron chi connectivity index (χ2n) is 5.95. The van der Waals surface area contributed by atoms with E-state index in [2.05, 4.69) is 4.90 Å². The fourth-order valence-electron chi connectivity index (χ4n) is 3.17. The van der Waals surface area contributed by atoms with Crippen molar-refractivity contribution < 1.29 is 13.5 Å². The summed E-state index contributed by atoms with van der Waals surface area (Å²) >= 11 is 7.57. The number of rotatable bonds is 4. The van der Waals surface area contributed by atoms with Gasteiger partial charge in [0.05, 0.1) is 6.61 Å². The van der Waals surface area contributed by atoms with E-state index in [0.29, 0.717) is 41.5 Å². The third kappa shape index (κ3) is 3.47. The standard InChI is InChI=1S/C16H21ClN2O3S2/c1-12-16(14-11-13(17)3-4-15(14)23-12)24(21,22)19-6-2-5-18(7-8-19)9-10-20/h3-4,11,20H,2,5-10H2,1H3. The van der Waals surface area contributed by atoms with Gasteiger partial charge in [-0.15, -0.1) is 11.3 Å². The number of thiophene rings is 1. The summed E-state index contributed by atoms with van der Waals surface area (Å²) < 4.78 is 29.0. The van der Waals surface area contributed by atoms with Crippen LogP contribution in [0.5, 0.6) is 0 Å². The molecule has 24 heavy (non-hydrogen) atoms. The van der Waals surface area contributed by atoms with Gasteiger partial charge in [-0.25, -0.2) is 8.42 Å². The first-order valence-corrected chi connectivity index (χ1v) is 10.6. The van der Waals surface area contributed by atoms with Crippen LogP contribution >= 0.6 is 22.9 Å². The summed E-state index contributed by atoms with van der Waals surface area (Å²) in [6, 6.07) is 5.40. The van der Waals surface area contributed by atoms with Crippen molar-refractivity contribution in [3.8, 4) is 0 Å². The van der Waals surface area contributed by atoms with Crippen LogP contribution in [0.1, 0.15) is 11.3 Å². The molecule has 2 heterocycles. The number of halogens is 1. The van der Waals surface area contributed by atoms with Crippen molar-refractivity contribution in [3.05, 3.63) is 28.1 Å². The third-order valence-corrected chi connectivity index (χ3v) is 7.87. The zero-order valence-corrected chi connectivity index (χ0v) is 15.9. The van der Waals surface area contributed by atoms with Crippen molar-refractivity contribution in [2.45, 2.75) is 18.2 Å². The molecule has 0 spiro atoms. The quantitative estimate of drug-likeness (QED) is 0.874. The number of aliphatic hydroxyl groups is 1. The van der Waals surface area contributed by atoms with E-state index in [4.69, 9.17) is 16.7 Å². The highest BCUT2D eigenvalue weighted by Crippen LogP contribution is 2.37. The summed E-state index contributed by atoms with van der Waals surface area (Å²) in [7, 11) is -3.56. The minimum Gasteiger partial charge on any atom is -0.395 e. The fourth-order valence-corrected chi connectivity index (χ4v) is 6.55. The Balaban J connectivity index is 1.96. The zero-order chi connectivity index (χ0) is 17.3. The van der Waals surface area contributed by atoms with Crippen LogP contribution < -0.4 is 0 Å². The molecule has 0 saturated carbocycles. The maximum absolute atomic E-state index is 13.2. The Bertz CT molecular complexity index is 835. The first kappa shape index (κ1) is 18.1. The lowest BCUT2D eigenvalue weighted by Crippen LogP contribution is -2.36. The smallest absolute Gasteiger partial charge is 0.244 e. The van der Waals surface area contributed by atoms with Gasteiger partial charge in [0.25, 0.3) is 0 Å². The molecule has 0 radical (unpaired) electrons. The summed E-state index contributed by atoms with van der Waals surface area (Å²) in [4.78, 5) is 3.29. The number of aliphatic hydroxyl groups excluding tert-OH is 1. The average molecular weight is 389 g/mol. The normalized spacial score (nSPS) is 18.1. The van der Waals surface area contributed by atoms with Crippen molar-refractivity contribution in [3.63, 3.8) is 0 Å². The number of benzene rings is 1. The van der Waals surface area contributed by atoms with Gasteiger partial charge in [0, 0.05) is 46.2 Å². The number of fused-ring (bicyclic) bond motifs is 1. The molecule has 0 amide bonds. The Kier molecular flexibility index (Phi) is 5.48. The van der Waals surface area contributed by atoms with Crippen LogP contribution in [0.15, 0.2) is 23.1 Å². The molecular weight excluding hydrogens is 368 g/mol. The Morgan fingerprint density at radius 1 is 1.25 bits per heavy atom. The van der Waals surface area contributed by atoms with Gasteiger partial charge in [-0.2, -0.15) is 4.31 Å². The molecule has 132 valence electrons. The van der Waals surface area contributed by atoms with Crippen LogP contribution in [-0.2, 0) is 10.0 Å². The minimum absolute atomic E-state index is 0.0968. The highest BCUT2D eigenvalue weighted by molar-refractivity contribution is 7.89. The van der Waals surface area contributed by atoms with Gasteiger partial charge in [0.2, 0.25) is 10.0 Å². The van der Waals surface area contributed by atoms with Crippen molar-refractivity contribution in [1.82, 2.24) is 9.21 Å². The van der Waals surface area contributed by atoms with E-state index in [9.17, 15) is 8.42 Å². The van der Waals surface area contributed by atoms with E-state index in [1.54, 1.807) is 16.4 Å². The molecular formula is C16H21ClN2O3S2. The predicted octanol–water partition coefficient (Wildman–Crippen LogP) is 2.55. The molecule has 1 N–H and O–H groups in total. The summed E-state index contributed by atoms with van der Waals surface area (Å²) in [5, 5.41) is 10.3. The molecule has 0 atom stereocenters. The summed E-state index contributed by atoms with van der Waals surface area (Å²) in [6.07, 6.45) is 0.765. The van der Waals surface area contributed by atoms with Crippen LogP contribution in [-0.4, -0.2) is 62.1 Å². The number of hydrogen-bond acceptors (Lipinski definition) is 5. The topological polar surface area (TPSA) is 60.9 Å². The first-order valence-electron chi connectivity index (χ1n) is 7.95. The fraction of sp³-hybridized carbons (Fsp3) is 0.500. The molecule has 0 unspecified atom stereocenters. The Hall–Kier alpha value is -0.700. The van der Waals surface area contributed by atoms with Gasteiger partial charge in [-0.1, -0.05) is 11.6 Å². The monoisotopic (exact) mass is 388 g/mol. The Morgan fingerprint density at radius 3 is 2.79 bits per heavy atom. The van der Waals surface area contributed by atoms with Gasteiger partial charge in [-0.05, 0) is 38.1 Å². The second kappa shape index (κ2) is 7.27. The summed E-state index contributed by atoms with van der Waals surface area (Å²) in [5.41, 5.74) is 0. The van der Waals surface area contributed by atoms with E-state index < -0.39 is 10.0 Å². The van der Waals surface area contributed by atoms with E-state index in [0.717, 1.165) is 22.5 Å². The summed E-state index contributed by atoms with van der Waals surface area (Å²) in [5.74, 6) is 0.